The molecule has 0 radical (unpaired) electrons. The molecule has 7 heteroatoms. The first-order chi connectivity index (χ1) is 11.5. The van der Waals surface area contributed by atoms with E-state index in [0.29, 0.717) is 12.1 Å². The van der Waals surface area contributed by atoms with E-state index in [1.807, 2.05) is 25.1 Å². The van der Waals surface area contributed by atoms with Gasteiger partial charge in [0.2, 0.25) is 0 Å². The van der Waals surface area contributed by atoms with E-state index in [2.05, 4.69) is 10.6 Å². The van der Waals surface area contributed by atoms with E-state index in [-0.39, 0.29) is 18.4 Å². The Morgan fingerprint density at radius 3 is 2.46 bits per heavy atom. The summed E-state index contributed by atoms with van der Waals surface area (Å²) < 4.78 is 18.2. The number of nitrogens with one attached hydrogen (secondary N) is 2. The molecule has 130 valence electrons. The van der Waals surface area contributed by atoms with Gasteiger partial charge in [0.05, 0.1) is 18.4 Å². The zero-order valence-electron chi connectivity index (χ0n) is 13.7. The Bertz CT molecular complexity index is 629. The summed E-state index contributed by atoms with van der Waals surface area (Å²) in [5, 5.41) is 15.3. The number of carbonyl (C=O) groups excluding carboxylic acids is 1. The van der Waals surface area contributed by atoms with E-state index in [4.69, 9.17) is 4.42 Å². The van der Waals surface area contributed by atoms with Crippen molar-refractivity contribution in [2.75, 3.05) is 27.2 Å². The number of nitrogens with zero attached hydrogens (tertiary/aromatic N) is 1. The van der Waals surface area contributed by atoms with Crippen LogP contribution in [0.1, 0.15) is 23.5 Å². The van der Waals surface area contributed by atoms with Gasteiger partial charge >= 0.3 is 6.03 Å². The van der Waals surface area contributed by atoms with Crippen LogP contribution in [0.25, 0.3) is 0 Å². The summed E-state index contributed by atoms with van der Waals surface area (Å²) in [6.07, 6.45) is 0.691. The molecule has 1 aromatic heterocycles. The smallest absolute Gasteiger partial charge is 0.314 e. The zero-order chi connectivity index (χ0) is 17.5. The SMILES string of the molecule is CN(C)C(CNC(=O)NCC(O)c1ccc(F)cc1)c1ccco1. The van der Waals surface area contributed by atoms with Crippen LogP contribution in [0, 0.1) is 5.82 Å². The molecule has 0 bridgehead atoms. The highest BCUT2D eigenvalue weighted by Crippen LogP contribution is 2.17. The zero-order valence-corrected chi connectivity index (χ0v) is 13.7. The van der Waals surface area contributed by atoms with Crippen molar-refractivity contribution in [2.24, 2.45) is 0 Å². The van der Waals surface area contributed by atoms with Gasteiger partial charge in [-0.25, -0.2) is 9.18 Å². The Balaban J connectivity index is 1.79. The van der Waals surface area contributed by atoms with Gasteiger partial charge < -0.3 is 20.2 Å². The highest BCUT2D eigenvalue weighted by atomic mass is 19.1. The van der Waals surface area contributed by atoms with Crippen molar-refractivity contribution in [3.8, 4) is 0 Å². The van der Waals surface area contributed by atoms with E-state index >= 15 is 0 Å². The maximum atomic E-state index is 12.8. The molecular weight excluding hydrogens is 313 g/mol. The molecule has 24 heavy (non-hydrogen) atoms. The number of aliphatic hydroxyl groups is 1. The lowest BCUT2D eigenvalue weighted by atomic mass is 10.1. The quantitative estimate of drug-likeness (QED) is 0.724. The summed E-state index contributed by atoms with van der Waals surface area (Å²) in [6, 6.07) is 8.67. The van der Waals surface area contributed by atoms with Gasteiger partial charge in [0.25, 0.3) is 0 Å². The van der Waals surface area contributed by atoms with Crippen molar-refractivity contribution in [3.05, 3.63) is 59.8 Å². The molecule has 2 aromatic rings. The third kappa shape index (κ3) is 5.07. The normalized spacial score (nSPS) is 13.5. The number of hydrogen-bond donors (Lipinski definition) is 3. The van der Waals surface area contributed by atoms with E-state index in [1.165, 1.54) is 24.3 Å². The molecule has 1 heterocycles. The van der Waals surface area contributed by atoms with Crippen LogP contribution in [0.15, 0.2) is 47.1 Å². The number of furan rings is 1. The van der Waals surface area contributed by atoms with Gasteiger partial charge in [-0.1, -0.05) is 12.1 Å². The molecule has 2 rings (SSSR count). The summed E-state index contributed by atoms with van der Waals surface area (Å²) in [5.41, 5.74) is 0.540. The molecule has 6 nitrogen and oxygen atoms in total. The average molecular weight is 335 g/mol. The maximum absolute atomic E-state index is 12.8. The molecule has 2 unspecified atom stereocenters. The van der Waals surface area contributed by atoms with Crippen LogP contribution in [-0.2, 0) is 0 Å². The summed E-state index contributed by atoms with van der Waals surface area (Å²) in [7, 11) is 3.79. The van der Waals surface area contributed by atoms with E-state index in [9.17, 15) is 14.3 Å². The number of benzene rings is 1. The first kappa shape index (κ1) is 18.0. The fourth-order valence-electron chi connectivity index (χ4n) is 2.26. The molecule has 1 aromatic carbocycles. The lowest BCUT2D eigenvalue weighted by Crippen LogP contribution is -2.41. The second-order valence-corrected chi connectivity index (χ2v) is 5.65. The predicted molar refractivity (Wildman–Crippen MR) is 87.9 cm³/mol. The maximum Gasteiger partial charge on any atom is 0.314 e. The second kappa shape index (κ2) is 8.47. The summed E-state index contributed by atoms with van der Waals surface area (Å²) in [6.45, 7) is 0.393. The molecule has 0 aliphatic rings. The van der Waals surface area contributed by atoms with Gasteiger partial charge in [-0.3, -0.25) is 4.90 Å². The van der Waals surface area contributed by atoms with Gasteiger partial charge in [-0.15, -0.1) is 0 Å². The van der Waals surface area contributed by atoms with Gasteiger partial charge in [0.15, 0.2) is 0 Å². The summed E-state index contributed by atoms with van der Waals surface area (Å²) in [5.74, 6) is 0.385. The van der Waals surface area contributed by atoms with Crippen molar-refractivity contribution in [1.29, 1.82) is 0 Å². The van der Waals surface area contributed by atoms with Crippen LogP contribution in [0.5, 0.6) is 0 Å². The Kier molecular flexibility index (Phi) is 6.34. The van der Waals surface area contributed by atoms with Crippen LogP contribution in [-0.4, -0.2) is 43.2 Å². The number of hydrogen-bond acceptors (Lipinski definition) is 4. The van der Waals surface area contributed by atoms with Gasteiger partial charge in [-0.05, 0) is 43.9 Å². The van der Waals surface area contributed by atoms with Crippen LogP contribution in [0.2, 0.25) is 0 Å². The van der Waals surface area contributed by atoms with E-state index in [0.717, 1.165) is 5.76 Å². The molecule has 0 saturated carbocycles. The Labute approximate surface area is 140 Å². The second-order valence-electron chi connectivity index (χ2n) is 5.65. The number of halogens is 1. The minimum absolute atomic E-state index is 0.0326. The molecular formula is C17H22FN3O3. The van der Waals surface area contributed by atoms with Gasteiger partial charge in [0.1, 0.15) is 11.6 Å². The molecule has 0 spiro atoms. The summed E-state index contributed by atoms with van der Waals surface area (Å²) >= 11 is 0. The lowest BCUT2D eigenvalue weighted by Gasteiger charge is -2.22. The Hall–Kier alpha value is -2.38. The molecule has 2 atom stereocenters. The van der Waals surface area contributed by atoms with E-state index in [1.54, 1.807) is 12.3 Å². The molecule has 0 saturated heterocycles. The Morgan fingerprint density at radius 2 is 1.88 bits per heavy atom. The standard InChI is InChI=1S/C17H22FN3O3/c1-21(2)14(16-4-3-9-24-16)10-19-17(23)20-11-15(22)12-5-7-13(18)8-6-12/h3-9,14-15,22H,10-11H2,1-2H3,(H2,19,20,23). The van der Waals surface area contributed by atoms with Gasteiger partial charge in [0, 0.05) is 13.1 Å². The van der Waals surface area contributed by atoms with Gasteiger partial charge in [-0.2, -0.15) is 0 Å². The van der Waals surface area contributed by atoms with E-state index < -0.39 is 12.1 Å². The van der Waals surface area contributed by atoms with Crippen molar-refractivity contribution in [3.63, 3.8) is 0 Å². The largest absolute Gasteiger partial charge is 0.468 e. The molecule has 2 amide bonds. The molecule has 0 aliphatic carbocycles. The number of likely N-dealkylation sites (N-methyl/N-ethyl adjacent to an activating group) is 1. The predicted octanol–water partition coefficient (Wildman–Crippen LogP) is 2.05. The van der Waals surface area contributed by atoms with Crippen molar-refractivity contribution >= 4 is 6.03 Å². The van der Waals surface area contributed by atoms with Crippen LogP contribution >= 0.6 is 0 Å². The third-order valence-electron chi connectivity index (χ3n) is 3.66. The highest BCUT2D eigenvalue weighted by molar-refractivity contribution is 5.73. The Morgan fingerprint density at radius 1 is 1.21 bits per heavy atom. The molecule has 0 fully saturated rings. The minimum Gasteiger partial charge on any atom is -0.468 e. The number of urea groups is 1. The van der Waals surface area contributed by atoms with Crippen LogP contribution in [0.4, 0.5) is 9.18 Å². The van der Waals surface area contributed by atoms with Crippen molar-refractivity contribution < 1.29 is 18.7 Å². The number of aliphatic hydroxyl groups excluding tert-OH is 1. The van der Waals surface area contributed by atoms with Crippen molar-refractivity contribution in [2.45, 2.75) is 12.1 Å². The molecule has 0 aliphatic heterocycles. The summed E-state index contributed by atoms with van der Waals surface area (Å²) in [4.78, 5) is 13.8. The van der Waals surface area contributed by atoms with Crippen molar-refractivity contribution in [1.82, 2.24) is 15.5 Å². The lowest BCUT2D eigenvalue weighted by molar-refractivity contribution is 0.172. The fourth-order valence-corrected chi connectivity index (χ4v) is 2.26. The van der Waals surface area contributed by atoms with Crippen LogP contribution in [0.3, 0.4) is 0 Å². The first-order valence-corrected chi connectivity index (χ1v) is 7.62. The highest BCUT2D eigenvalue weighted by Gasteiger charge is 2.18. The average Bonchev–Trinajstić information content (AvgIpc) is 3.07. The topological polar surface area (TPSA) is 77.7 Å². The monoisotopic (exact) mass is 335 g/mol. The van der Waals surface area contributed by atoms with Crippen LogP contribution < -0.4 is 10.6 Å². The third-order valence-corrected chi connectivity index (χ3v) is 3.66. The number of carbonyl (C=O) groups is 1. The number of amides is 2. The first-order valence-electron chi connectivity index (χ1n) is 7.62. The molecule has 3 N–H and O–H groups in total. The fraction of sp³-hybridized carbons (Fsp3) is 0.353. The number of rotatable bonds is 7. The minimum atomic E-state index is -0.897.